The van der Waals surface area contributed by atoms with E-state index in [1.54, 1.807) is 19.1 Å². The summed E-state index contributed by atoms with van der Waals surface area (Å²) in [6.45, 7) is 3.67. The molecule has 3 aromatic carbocycles. The molecular weight excluding hydrogens is 484 g/mol. The second-order valence-electron chi connectivity index (χ2n) is 9.95. The smallest absolute Gasteiger partial charge is 0.223 e. The summed E-state index contributed by atoms with van der Waals surface area (Å²) in [6.07, 6.45) is 2.44. The number of hydrogen-bond donors (Lipinski definition) is 0. The van der Waals surface area contributed by atoms with E-state index in [-0.39, 0.29) is 0 Å². The Hall–Kier alpha value is -3.49. The van der Waals surface area contributed by atoms with Gasteiger partial charge in [-0.3, -0.25) is 0 Å². The zero-order valence-corrected chi connectivity index (χ0v) is 22.5. The van der Waals surface area contributed by atoms with Crippen LogP contribution in [0.4, 0.5) is 5.69 Å². The molecule has 0 amide bonds. The quantitative estimate of drug-likeness (QED) is 0.372. The molecule has 7 nitrogen and oxygen atoms in total. The maximum Gasteiger partial charge on any atom is 0.223 e. The molecule has 5 rings (SSSR count). The lowest BCUT2D eigenvalue weighted by Crippen LogP contribution is -2.20. The topological polar surface area (TPSA) is 79.5 Å². The Labute approximate surface area is 218 Å². The van der Waals surface area contributed by atoms with Crippen molar-refractivity contribution in [1.82, 2.24) is 15.0 Å². The fourth-order valence-corrected chi connectivity index (χ4v) is 6.37. The summed E-state index contributed by atoms with van der Waals surface area (Å²) in [5, 5.41) is 4.00. The summed E-state index contributed by atoms with van der Waals surface area (Å²) < 4.78 is 32.7. The zero-order valence-electron chi connectivity index (χ0n) is 21.7. The number of benzene rings is 3. The van der Waals surface area contributed by atoms with Crippen LogP contribution in [0.15, 0.2) is 75.0 Å². The maximum absolute atomic E-state index is 13.8. The van der Waals surface area contributed by atoms with E-state index in [2.05, 4.69) is 28.2 Å². The highest BCUT2D eigenvalue weighted by Gasteiger charge is 2.25. The lowest BCUT2D eigenvalue weighted by atomic mass is 10.0. The summed E-state index contributed by atoms with van der Waals surface area (Å²) in [7, 11) is 2.22. The molecule has 4 aromatic rings. The van der Waals surface area contributed by atoms with Crippen molar-refractivity contribution in [1.29, 1.82) is 0 Å². The van der Waals surface area contributed by atoms with Gasteiger partial charge in [-0.05, 0) is 78.9 Å². The Morgan fingerprint density at radius 1 is 0.946 bits per heavy atom. The number of fused-ring (bicyclic) bond motifs is 1. The van der Waals surface area contributed by atoms with Crippen LogP contribution in [-0.4, -0.2) is 57.7 Å². The summed E-state index contributed by atoms with van der Waals surface area (Å²) in [6, 6.07) is 19.2. The van der Waals surface area contributed by atoms with E-state index in [0.717, 1.165) is 53.9 Å². The van der Waals surface area contributed by atoms with Crippen molar-refractivity contribution in [3.8, 4) is 11.4 Å². The summed E-state index contributed by atoms with van der Waals surface area (Å²) in [5.41, 5.74) is 6.10. The third-order valence-electron chi connectivity index (χ3n) is 6.93. The fourth-order valence-electron chi connectivity index (χ4n) is 4.80. The lowest BCUT2D eigenvalue weighted by Gasteiger charge is -2.21. The highest BCUT2D eigenvalue weighted by atomic mass is 32.2. The van der Waals surface area contributed by atoms with Crippen molar-refractivity contribution in [2.75, 3.05) is 39.1 Å². The average molecular weight is 517 g/mol. The Kier molecular flexibility index (Phi) is 6.88. The summed E-state index contributed by atoms with van der Waals surface area (Å²) >= 11 is 0. The maximum atomic E-state index is 13.8. The van der Waals surface area contributed by atoms with Gasteiger partial charge in [0.05, 0.1) is 15.5 Å². The van der Waals surface area contributed by atoms with E-state index in [9.17, 15) is 8.42 Å². The molecule has 0 saturated heterocycles. The second kappa shape index (κ2) is 10.1. The molecule has 0 aliphatic carbocycles. The van der Waals surface area contributed by atoms with Crippen LogP contribution in [0.3, 0.4) is 0 Å². The van der Waals surface area contributed by atoms with E-state index in [0.29, 0.717) is 27.9 Å². The monoisotopic (exact) mass is 516 g/mol. The molecule has 37 heavy (non-hydrogen) atoms. The minimum Gasteiger partial charge on any atom is -0.377 e. The van der Waals surface area contributed by atoms with Crippen LogP contribution in [0.25, 0.3) is 11.4 Å². The molecule has 0 N–H and O–H groups in total. The fraction of sp³-hybridized carbons (Fsp3) is 0.310. The van der Waals surface area contributed by atoms with Gasteiger partial charge in [0.1, 0.15) is 0 Å². The van der Waals surface area contributed by atoms with E-state index in [4.69, 9.17) is 4.52 Å². The predicted molar refractivity (Wildman–Crippen MR) is 145 cm³/mol. The van der Waals surface area contributed by atoms with Crippen molar-refractivity contribution < 1.29 is 12.9 Å². The van der Waals surface area contributed by atoms with E-state index < -0.39 is 9.84 Å². The zero-order chi connectivity index (χ0) is 26.2. The number of aryl methyl sites for hydroxylation is 1. The SMILES string of the molecule is Cc1nc(-c2cccc(Cc3ccc(S(=O)(=O)c4cc5c(cc4N(C)C)CCN(C)CC5)cc3)c2)no1. The van der Waals surface area contributed by atoms with Crippen molar-refractivity contribution >= 4 is 15.5 Å². The van der Waals surface area contributed by atoms with Gasteiger partial charge in [-0.25, -0.2) is 8.42 Å². The number of aromatic nitrogens is 2. The molecule has 0 atom stereocenters. The number of rotatable bonds is 6. The van der Waals surface area contributed by atoms with Crippen LogP contribution in [0, 0.1) is 6.92 Å². The first-order valence-corrected chi connectivity index (χ1v) is 13.9. The Bertz CT molecular complexity index is 1530. The summed E-state index contributed by atoms with van der Waals surface area (Å²) in [4.78, 5) is 9.17. The van der Waals surface area contributed by atoms with Gasteiger partial charge in [-0.1, -0.05) is 35.5 Å². The molecule has 0 spiro atoms. The van der Waals surface area contributed by atoms with Crippen LogP contribution in [0.1, 0.15) is 28.1 Å². The minimum atomic E-state index is -3.69. The van der Waals surface area contributed by atoms with Gasteiger partial charge in [0.25, 0.3) is 0 Å². The van der Waals surface area contributed by atoms with E-state index in [1.165, 1.54) is 5.56 Å². The van der Waals surface area contributed by atoms with E-state index in [1.807, 2.05) is 61.5 Å². The van der Waals surface area contributed by atoms with Gasteiger partial charge in [0.2, 0.25) is 21.6 Å². The largest absolute Gasteiger partial charge is 0.377 e. The third kappa shape index (κ3) is 5.31. The molecule has 0 bridgehead atoms. The van der Waals surface area contributed by atoms with Crippen molar-refractivity contribution in [2.45, 2.75) is 36.0 Å². The van der Waals surface area contributed by atoms with Crippen LogP contribution >= 0.6 is 0 Å². The molecule has 0 fully saturated rings. The molecule has 0 saturated carbocycles. The lowest BCUT2D eigenvalue weighted by molar-refractivity contribution is 0.352. The van der Waals surface area contributed by atoms with Gasteiger partial charge in [0.15, 0.2) is 0 Å². The number of hydrogen-bond acceptors (Lipinski definition) is 7. The van der Waals surface area contributed by atoms with Crippen molar-refractivity contribution in [3.63, 3.8) is 0 Å². The molecule has 1 aliphatic rings. The molecule has 2 heterocycles. The number of likely N-dealkylation sites (N-methyl/N-ethyl adjacent to an activating group) is 1. The number of sulfone groups is 1. The normalized spacial score (nSPS) is 14.3. The summed E-state index contributed by atoms with van der Waals surface area (Å²) in [5.74, 6) is 1.08. The number of anilines is 1. The molecule has 8 heteroatoms. The molecule has 1 aromatic heterocycles. The first-order chi connectivity index (χ1) is 17.7. The standard InChI is InChI=1S/C29H32N4O3S/c1-20-30-29(31-36-20)25-7-5-6-22(17-25)16-21-8-10-26(11-9-21)37(34,35)28-19-24-13-15-33(4)14-12-23(24)18-27(28)32(2)3/h5-11,17-19H,12-16H2,1-4H3. The van der Waals surface area contributed by atoms with Crippen LogP contribution < -0.4 is 4.90 Å². The van der Waals surface area contributed by atoms with Crippen LogP contribution in [0.2, 0.25) is 0 Å². The van der Waals surface area contributed by atoms with Crippen LogP contribution in [0.5, 0.6) is 0 Å². The van der Waals surface area contributed by atoms with Gasteiger partial charge in [-0.2, -0.15) is 4.98 Å². The van der Waals surface area contributed by atoms with Gasteiger partial charge in [-0.15, -0.1) is 0 Å². The second-order valence-corrected chi connectivity index (χ2v) is 11.9. The minimum absolute atomic E-state index is 0.307. The Morgan fingerprint density at radius 3 is 2.30 bits per heavy atom. The predicted octanol–water partition coefficient (Wildman–Crippen LogP) is 4.57. The van der Waals surface area contributed by atoms with Crippen molar-refractivity contribution in [3.05, 3.63) is 88.8 Å². The molecule has 0 unspecified atom stereocenters. The van der Waals surface area contributed by atoms with Crippen LogP contribution in [-0.2, 0) is 29.1 Å². The van der Waals surface area contributed by atoms with Gasteiger partial charge in [0, 0.05) is 39.7 Å². The first-order valence-electron chi connectivity index (χ1n) is 12.5. The van der Waals surface area contributed by atoms with Gasteiger partial charge >= 0.3 is 0 Å². The van der Waals surface area contributed by atoms with E-state index >= 15 is 0 Å². The van der Waals surface area contributed by atoms with Gasteiger partial charge < -0.3 is 14.3 Å². The Morgan fingerprint density at radius 2 is 1.65 bits per heavy atom. The Balaban J connectivity index is 1.42. The molecule has 192 valence electrons. The third-order valence-corrected chi connectivity index (χ3v) is 8.73. The first kappa shape index (κ1) is 25.2. The molecular formula is C29H32N4O3S. The highest BCUT2D eigenvalue weighted by Crippen LogP contribution is 2.34. The molecule has 1 aliphatic heterocycles. The number of nitrogens with zero attached hydrogens (tertiary/aromatic N) is 4. The molecule has 0 radical (unpaired) electrons. The van der Waals surface area contributed by atoms with Crippen molar-refractivity contribution in [2.24, 2.45) is 0 Å². The average Bonchev–Trinajstić information content (AvgIpc) is 3.23. The highest BCUT2D eigenvalue weighted by molar-refractivity contribution is 7.91.